The highest BCUT2D eigenvalue weighted by Gasteiger charge is 2.32. The highest BCUT2D eigenvalue weighted by Crippen LogP contribution is 2.26. The van der Waals surface area contributed by atoms with Gasteiger partial charge in [0.15, 0.2) is 0 Å². The third kappa shape index (κ3) is 7.02. The summed E-state index contributed by atoms with van der Waals surface area (Å²) in [4.78, 5) is 27.8. The molecule has 0 aliphatic rings. The molecule has 0 heterocycles. The standard InChI is InChI=1S/C27H30ClN3O5S/c1-4-29-27(33)20(2)30(18-21-10-12-22(28)13-11-21)26(32)19-31(23-8-6-5-7-9-23)37(34,35)25-16-14-24(36-3)15-17-25/h5-17,20H,4,18-19H2,1-3H3,(H,29,33)/t20-/m0/s1. The Labute approximate surface area is 222 Å². The highest BCUT2D eigenvalue weighted by molar-refractivity contribution is 7.92. The van der Waals surface area contributed by atoms with Crippen LogP contribution in [0.15, 0.2) is 83.8 Å². The maximum absolute atomic E-state index is 13.7. The lowest BCUT2D eigenvalue weighted by Crippen LogP contribution is -2.51. The van der Waals surface area contributed by atoms with E-state index < -0.39 is 28.5 Å². The molecule has 196 valence electrons. The number of rotatable bonds is 11. The molecule has 0 saturated carbocycles. The zero-order valence-electron chi connectivity index (χ0n) is 20.9. The van der Waals surface area contributed by atoms with Crippen molar-refractivity contribution in [1.82, 2.24) is 10.2 Å². The molecule has 0 aliphatic heterocycles. The van der Waals surface area contributed by atoms with Crippen LogP contribution in [0.4, 0.5) is 5.69 Å². The Hall–Kier alpha value is -3.56. The minimum Gasteiger partial charge on any atom is -0.497 e. The number of methoxy groups -OCH3 is 1. The van der Waals surface area contributed by atoms with Crippen molar-refractivity contribution in [2.75, 3.05) is 24.5 Å². The first-order chi connectivity index (χ1) is 17.7. The third-order valence-corrected chi connectivity index (χ3v) is 7.80. The molecule has 3 aromatic rings. The Morgan fingerprint density at radius 3 is 2.16 bits per heavy atom. The van der Waals surface area contributed by atoms with E-state index in [-0.39, 0.29) is 17.3 Å². The second kappa shape index (κ2) is 12.6. The number of carbonyl (C=O) groups is 2. The summed E-state index contributed by atoms with van der Waals surface area (Å²) in [5, 5.41) is 3.27. The van der Waals surface area contributed by atoms with Crippen molar-refractivity contribution < 1.29 is 22.7 Å². The van der Waals surface area contributed by atoms with Crippen molar-refractivity contribution in [3.8, 4) is 5.75 Å². The average Bonchev–Trinajstić information content (AvgIpc) is 2.91. The Morgan fingerprint density at radius 2 is 1.59 bits per heavy atom. The van der Waals surface area contributed by atoms with Gasteiger partial charge in [0, 0.05) is 18.1 Å². The minimum absolute atomic E-state index is 0.00554. The van der Waals surface area contributed by atoms with E-state index in [1.54, 1.807) is 80.6 Å². The molecule has 3 aromatic carbocycles. The lowest BCUT2D eigenvalue weighted by atomic mass is 10.1. The summed E-state index contributed by atoms with van der Waals surface area (Å²) in [6.07, 6.45) is 0. The van der Waals surface area contributed by atoms with Crippen LogP contribution in [0, 0.1) is 0 Å². The molecule has 10 heteroatoms. The molecule has 0 radical (unpaired) electrons. The molecular weight excluding hydrogens is 514 g/mol. The van der Waals surface area contributed by atoms with Gasteiger partial charge in [-0.3, -0.25) is 13.9 Å². The van der Waals surface area contributed by atoms with Crippen LogP contribution in [0.25, 0.3) is 0 Å². The van der Waals surface area contributed by atoms with Crippen LogP contribution in [-0.4, -0.2) is 51.4 Å². The smallest absolute Gasteiger partial charge is 0.264 e. The van der Waals surface area contributed by atoms with Crippen LogP contribution in [0.5, 0.6) is 5.75 Å². The summed E-state index contributed by atoms with van der Waals surface area (Å²) < 4.78 is 33.6. The topological polar surface area (TPSA) is 96.0 Å². The van der Waals surface area contributed by atoms with Gasteiger partial charge in [-0.05, 0) is 67.9 Å². The number of anilines is 1. The summed E-state index contributed by atoms with van der Waals surface area (Å²) in [7, 11) is -2.64. The normalized spacial score (nSPS) is 11.9. The molecule has 0 spiro atoms. The summed E-state index contributed by atoms with van der Waals surface area (Å²) >= 11 is 6.00. The van der Waals surface area contributed by atoms with Gasteiger partial charge in [0.2, 0.25) is 11.8 Å². The van der Waals surface area contributed by atoms with E-state index in [1.807, 2.05) is 0 Å². The number of likely N-dealkylation sites (N-methyl/N-ethyl adjacent to an activating group) is 1. The van der Waals surface area contributed by atoms with Crippen molar-refractivity contribution in [3.05, 3.63) is 89.4 Å². The second-order valence-corrected chi connectivity index (χ2v) is 10.5. The lowest BCUT2D eigenvalue weighted by Gasteiger charge is -2.32. The van der Waals surface area contributed by atoms with E-state index in [0.717, 1.165) is 9.87 Å². The molecule has 0 saturated heterocycles. The molecule has 1 atom stereocenters. The number of benzene rings is 3. The van der Waals surface area contributed by atoms with E-state index in [1.165, 1.54) is 24.1 Å². The van der Waals surface area contributed by atoms with Crippen LogP contribution in [0.2, 0.25) is 5.02 Å². The van der Waals surface area contributed by atoms with E-state index in [2.05, 4.69) is 5.32 Å². The van der Waals surface area contributed by atoms with E-state index >= 15 is 0 Å². The number of ether oxygens (including phenoxy) is 1. The van der Waals surface area contributed by atoms with Crippen LogP contribution >= 0.6 is 11.6 Å². The van der Waals surface area contributed by atoms with Crippen molar-refractivity contribution in [3.63, 3.8) is 0 Å². The number of hydrogen-bond acceptors (Lipinski definition) is 5. The molecule has 0 fully saturated rings. The zero-order chi connectivity index (χ0) is 27.0. The van der Waals surface area contributed by atoms with Gasteiger partial charge in [0.1, 0.15) is 18.3 Å². The van der Waals surface area contributed by atoms with Gasteiger partial charge < -0.3 is 15.0 Å². The summed E-state index contributed by atoms with van der Waals surface area (Å²) in [5.41, 5.74) is 1.07. The first-order valence-electron chi connectivity index (χ1n) is 11.7. The molecule has 37 heavy (non-hydrogen) atoms. The number of para-hydroxylation sites is 1. The predicted octanol–water partition coefficient (Wildman–Crippen LogP) is 4.10. The molecule has 3 rings (SSSR count). The first kappa shape index (κ1) is 28.0. The zero-order valence-corrected chi connectivity index (χ0v) is 22.5. The number of hydrogen-bond donors (Lipinski definition) is 1. The van der Waals surface area contributed by atoms with Gasteiger partial charge >= 0.3 is 0 Å². The molecule has 1 N–H and O–H groups in total. The van der Waals surface area contributed by atoms with Crippen LogP contribution in [-0.2, 0) is 26.2 Å². The Balaban J connectivity index is 1.99. The SMILES string of the molecule is CCNC(=O)[C@H](C)N(Cc1ccc(Cl)cc1)C(=O)CN(c1ccccc1)S(=O)(=O)c1ccc(OC)cc1. The van der Waals surface area contributed by atoms with Crippen LogP contribution in [0.3, 0.4) is 0 Å². The van der Waals surface area contributed by atoms with Crippen LogP contribution < -0.4 is 14.4 Å². The maximum Gasteiger partial charge on any atom is 0.264 e. The molecule has 0 aliphatic carbocycles. The van der Waals surface area contributed by atoms with Gasteiger partial charge in [-0.1, -0.05) is 41.9 Å². The van der Waals surface area contributed by atoms with Crippen molar-refractivity contribution >= 4 is 39.1 Å². The van der Waals surface area contributed by atoms with E-state index in [0.29, 0.717) is 23.0 Å². The monoisotopic (exact) mass is 543 g/mol. The average molecular weight is 544 g/mol. The summed E-state index contributed by atoms with van der Waals surface area (Å²) in [6, 6.07) is 20.4. The minimum atomic E-state index is -4.13. The van der Waals surface area contributed by atoms with Crippen molar-refractivity contribution in [1.29, 1.82) is 0 Å². The number of halogens is 1. The number of amides is 2. The fourth-order valence-corrected chi connectivity index (χ4v) is 5.23. The van der Waals surface area contributed by atoms with Gasteiger partial charge in [-0.2, -0.15) is 0 Å². The van der Waals surface area contributed by atoms with Crippen molar-refractivity contribution in [2.45, 2.75) is 31.3 Å². The second-order valence-electron chi connectivity index (χ2n) is 8.24. The van der Waals surface area contributed by atoms with Crippen molar-refractivity contribution in [2.24, 2.45) is 0 Å². The van der Waals surface area contributed by atoms with Gasteiger partial charge in [-0.25, -0.2) is 8.42 Å². The lowest BCUT2D eigenvalue weighted by molar-refractivity contribution is -0.139. The molecule has 0 bridgehead atoms. The molecule has 0 aromatic heterocycles. The van der Waals surface area contributed by atoms with Gasteiger partial charge in [-0.15, -0.1) is 0 Å². The highest BCUT2D eigenvalue weighted by atomic mass is 35.5. The Kier molecular flexibility index (Phi) is 9.54. The third-order valence-electron chi connectivity index (χ3n) is 5.75. The summed E-state index contributed by atoms with van der Waals surface area (Å²) in [5.74, 6) is -0.366. The molecule has 0 unspecified atom stereocenters. The largest absolute Gasteiger partial charge is 0.497 e. The fourth-order valence-electron chi connectivity index (χ4n) is 3.69. The number of carbonyl (C=O) groups excluding carboxylic acids is 2. The Bertz CT molecular complexity index is 1300. The fraction of sp³-hybridized carbons (Fsp3) is 0.259. The van der Waals surface area contributed by atoms with Crippen LogP contribution in [0.1, 0.15) is 19.4 Å². The molecular formula is C27H30ClN3O5S. The summed E-state index contributed by atoms with van der Waals surface area (Å²) in [6.45, 7) is 3.39. The first-order valence-corrected chi connectivity index (χ1v) is 13.5. The van der Waals surface area contributed by atoms with E-state index in [4.69, 9.17) is 16.3 Å². The number of nitrogens with zero attached hydrogens (tertiary/aromatic N) is 2. The molecule has 8 nitrogen and oxygen atoms in total. The maximum atomic E-state index is 13.7. The Morgan fingerprint density at radius 1 is 0.973 bits per heavy atom. The van der Waals surface area contributed by atoms with Gasteiger partial charge in [0.25, 0.3) is 10.0 Å². The predicted molar refractivity (Wildman–Crippen MR) is 144 cm³/mol. The number of nitrogens with one attached hydrogen (secondary N) is 1. The number of sulfonamides is 1. The molecule has 2 amide bonds. The quantitative estimate of drug-likeness (QED) is 0.393. The van der Waals surface area contributed by atoms with Gasteiger partial charge in [0.05, 0.1) is 17.7 Å². The van der Waals surface area contributed by atoms with E-state index in [9.17, 15) is 18.0 Å².